The number of hydrogen-bond donors (Lipinski definition) is 0. The van der Waals surface area contributed by atoms with Crippen LogP contribution in [0, 0.1) is 0 Å². The maximum absolute atomic E-state index is 12.6. The summed E-state index contributed by atoms with van der Waals surface area (Å²) < 4.78 is 7.22. The molecule has 3 nitrogen and oxygen atoms in total. The van der Waals surface area contributed by atoms with Crippen molar-refractivity contribution in [3.8, 4) is 11.1 Å². The lowest BCUT2D eigenvalue weighted by Crippen LogP contribution is -2.27. The van der Waals surface area contributed by atoms with E-state index in [2.05, 4.69) is 60.4 Å². The highest BCUT2D eigenvalue weighted by molar-refractivity contribution is 7.15. The fourth-order valence-electron chi connectivity index (χ4n) is 3.97. The van der Waals surface area contributed by atoms with Crippen LogP contribution >= 0.6 is 11.3 Å². The second-order valence-electron chi connectivity index (χ2n) is 7.42. The molecule has 0 N–H and O–H groups in total. The lowest BCUT2D eigenvalue weighted by atomic mass is 9.89. The van der Waals surface area contributed by atoms with Crippen molar-refractivity contribution >= 4 is 28.5 Å². The molecule has 144 valence electrons. The zero-order chi connectivity index (χ0) is 19.5. The average molecular weight is 393 g/mol. The standard InChI is InChI=1S/C24H26NO2S/c1-25-14-13-19(21(16-25)17-9-5-3-6-10-17)20-15-22(18-11-7-4-8-12-18)28-23(20)24(26)27-2/h4,7,9,11,13-16H,3,5-6,8,10,12H2,1-2H3/q+1. The zero-order valence-electron chi connectivity index (χ0n) is 16.5. The van der Waals surface area contributed by atoms with E-state index in [0.29, 0.717) is 4.88 Å². The highest BCUT2D eigenvalue weighted by Gasteiger charge is 2.24. The van der Waals surface area contributed by atoms with Crippen LogP contribution in [0.2, 0.25) is 0 Å². The number of aromatic nitrogens is 1. The highest BCUT2D eigenvalue weighted by Crippen LogP contribution is 2.41. The maximum atomic E-state index is 12.6. The molecule has 0 bridgehead atoms. The largest absolute Gasteiger partial charge is 0.465 e. The fourth-order valence-corrected chi connectivity index (χ4v) is 5.12. The van der Waals surface area contributed by atoms with Crippen molar-refractivity contribution in [3.63, 3.8) is 0 Å². The van der Waals surface area contributed by atoms with E-state index in [1.807, 2.05) is 0 Å². The third kappa shape index (κ3) is 3.74. The minimum Gasteiger partial charge on any atom is -0.465 e. The van der Waals surface area contributed by atoms with Crippen LogP contribution in [0.25, 0.3) is 22.3 Å². The van der Waals surface area contributed by atoms with Gasteiger partial charge in [0.15, 0.2) is 12.4 Å². The monoisotopic (exact) mass is 392 g/mol. The van der Waals surface area contributed by atoms with Crippen LogP contribution in [0.3, 0.4) is 0 Å². The van der Waals surface area contributed by atoms with Gasteiger partial charge < -0.3 is 4.74 Å². The van der Waals surface area contributed by atoms with E-state index in [1.165, 1.54) is 36.7 Å². The molecule has 4 rings (SSSR count). The molecule has 28 heavy (non-hydrogen) atoms. The number of carbonyl (C=O) groups excluding carboxylic acids is 1. The lowest BCUT2D eigenvalue weighted by molar-refractivity contribution is -0.671. The van der Waals surface area contributed by atoms with Crippen LogP contribution in [0.15, 0.2) is 48.8 Å². The number of ether oxygens (including phenoxy) is 1. The van der Waals surface area contributed by atoms with Gasteiger partial charge in [-0.25, -0.2) is 9.36 Å². The number of methoxy groups -OCH3 is 1. The predicted octanol–water partition coefficient (Wildman–Crippen LogP) is 5.72. The zero-order valence-corrected chi connectivity index (χ0v) is 17.3. The van der Waals surface area contributed by atoms with Crippen LogP contribution in [-0.4, -0.2) is 13.1 Å². The molecule has 2 aromatic heterocycles. The van der Waals surface area contributed by atoms with Gasteiger partial charge in [0.05, 0.1) is 7.11 Å². The lowest BCUT2D eigenvalue weighted by Gasteiger charge is -2.15. The molecule has 0 saturated carbocycles. The van der Waals surface area contributed by atoms with Crippen LogP contribution in [0.5, 0.6) is 0 Å². The van der Waals surface area contributed by atoms with Gasteiger partial charge in [0, 0.05) is 27.6 Å². The Balaban J connectivity index is 1.87. The van der Waals surface area contributed by atoms with Gasteiger partial charge in [0.1, 0.15) is 11.9 Å². The van der Waals surface area contributed by atoms with Gasteiger partial charge in [-0.2, -0.15) is 0 Å². The Morgan fingerprint density at radius 2 is 2.00 bits per heavy atom. The summed E-state index contributed by atoms with van der Waals surface area (Å²) in [5.74, 6) is -0.255. The summed E-state index contributed by atoms with van der Waals surface area (Å²) in [4.78, 5) is 14.5. The normalized spacial score (nSPS) is 16.5. The van der Waals surface area contributed by atoms with E-state index in [4.69, 9.17) is 4.74 Å². The van der Waals surface area contributed by atoms with Gasteiger partial charge in [-0.3, -0.25) is 0 Å². The number of rotatable bonds is 4. The first kappa shape index (κ1) is 18.9. The number of aryl methyl sites for hydroxylation is 1. The van der Waals surface area contributed by atoms with Crippen LogP contribution in [-0.2, 0) is 11.8 Å². The number of allylic oxidation sites excluding steroid dienone is 6. The van der Waals surface area contributed by atoms with Gasteiger partial charge in [0.2, 0.25) is 0 Å². The van der Waals surface area contributed by atoms with Crippen molar-refractivity contribution in [2.24, 2.45) is 7.05 Å². The second kappa shape index (κ2) is 8.27. The molecule has 2 heterocycles. The van der Waals surface area contributed by atoms with Gasteiger partial charge in [-0.1, -0.05) is 24.3 Å². The summed E-state index contributed by atoms with van der Waals surface area (Å²) in [6.45, 7) is 0. The first-order valence-corrected chi connectivity index (χ1v) is 10.8. The molecule has 0 aromatic carbocycles. The molecule has 0 aliphatic heterocycles. The van der Waals surface area contributed by atoms with Gasteiger partial charge in [0.25, 0.3) is 0 Å². The van der Waals surface area contributed by atoms with Gasteiger partial charge in [-0.15, -0.1) is 11.3 Å². The Kier molecular flexibility index (Phi) is 5.58. The molecule has 4 heteroatoms. The minimum atomic E-state index is -0.255. The van der Waals surface area contributed by atoms with E-state index in [-0.39, 0.29) is 5.97 Å². The molecule has 0 amide bonds. The van der Waals surface area contributed by atoms with E-state index in [9.17, 15) is 4.79 Å². The number of thiophene rings is 1. The molecule has 0 saturated heterocycles. The molecule has 2 aliphatic rings. The number of carbonyl (C=O) groups is 1. The molecule has 2 aromatic rings. The number of pyridine rings is 1. The van der Waals surface area contributed by atoms with E-state index < -0.39 is 0 Å². The smallest absolute Gasteiger partial charge is 0.348 e. The van der Waals surface area contributed by atoms with Crippen molar-refractivity contribution in [2.45, 2.75) is 38.5 Å². The van der Waals surface area contributed by atoms with Crippen molar-refractivity contribution in [1.29, 1.82) is 0 Å². The Bertz CT molecular complexity index is 994. The summed E-state index contributed by atoms with van der Waals surface area (Å²) >= 11 is 1.55. The Morgan fingerprint density at radius 1 is 1.11 bits per heavy atom. The first-order valence-electron chi connectivity index (χ1n) is 9.94. The molecule has 0 radical (unpaired) electrons. The SMILES string of the molecule is COC(=O)c1sc(C2=CC=CCC2)cc1-c1cc[n+](C)cc1C1=CCCCC1. The summed E-state index contributed by atoms with van der Waals surface area (Å²) in [5, 5.41) is 0. The molecule has 0 fully saturated rings. The van der Waals surface area contributed by atoms with Gasteiger partial charge >= 0.3 is 5.97 Å². The number of nitrogens with zero attached hydrogens (tertiary/aromatic N) is 1. The van der Waals surface area contributed by atoms with Crippen LogP contribution < -0.4 is 4.57 Å². The van der Waals surface area contributed by atoms with Crippen molar-refractivity contribution in [2.75, 3.05) is 7.11 Å². The fraction of sp³-hybridized carbons (Fsp3) is 0.333. The maximum Gasteiger partial charge on any atom is 0.348 e. The Labute approximate surface area is 170 Å². The third-order valence-electron chi connectivity index (χ3n) is 5.46. The molecular formula is C24H26NO2S+. The van der Waals surface area contributed by atoms with Crippen LogP contribution in [0.1, 0.15) is 58.6 Å². The average Bonchev–Trinajstić information content (AvgIpc) is 3.19. The number of esters is 1. The molecule has 2 aliphatic carbocycles. The molecule has 0 unspecified atom stereocenters. The van der Waals surface area contributed by atoms with Gasteiger partial charge in [-0.05, 0) is 55.7 Å². The minimum absolute atomic E-state index is 0.255. The molecule has 0 spiro atoms. The quantitative estimate of drug-likeness (QED) is 0.492. The molecular weight excluding hydrogens is 366 g/mol. The highest BCUT2D eigenvalue weighted by atomic mass is 32.1. The topological polar surface area (TPSA) is 30.2 Å². The third-order valence-corrected chi connectivity index (χ3v) is 6.65. The predicted molar refractivity (Wildman–Crippen MR) is 115 cm³/mol. The number of hydrogen-bond acceptors (Lipinski definition) is 3. The van der Waals surface area contributed by atoms with Crippen LogP contribution in [0.4, 0.5) is 0 Å². The summed E-state index contributed by atoms with van der Waals surface area (Å²) in [7, 11) is 3.51. The summed E-state index contributed by atoms with van der Waals surface area (Å²) in [6, 6.07) is 4.32. The summed E-state index contributed by atoms with van der Waals surface area (Å²) in [6.07, 6.45) is 19.8. The Morgan fingerprint density at radius 3 is 2.71 bits per heavy atom. The van der Waals surface area contributed by atoms with Crippen molar-refractivity contribution in [1.82, 2.24) is 0 Å². The van der Waals surface area contributed by atoms with E-state index >= 15 is 0 Å². The van der Waals surface area contributed by atoms with Crippen molar-refractivity contribution < 1.29 is 14.1 Å². The summed E-state index contributed by atoms with van der Waals surface area (Å²) in [5.41, 5.74) is 6.03. The Hall–Kier alpha value is -2.46. The van der Waals surface area contributed by atoms with E-state index in [0.717, 1.165) is 41.7 Å². The second-order valence-corrected chi connectivity index (χ2v) is 8.47. The first-order chi connectivity index (χ1) is 13.7. The molecule has 0 atom stereocenters. The van der Waals surface area contributed by atoms with E-state index in [1.54, 1.807) is 11.3 Å². The van der Waals surface area contributed by atoms with Crippen molar-refractivity contribution in [3.05, 3.63) is 64.1 Å².